The van der Waals surface area contributed by atoms with Crippen LogP contribution < -0.4 is 32.7 Å². The Morgan fingerprint density at radius 3 is 1.64 bits per heavy atom. The summed E-state index contributed by atoms with van der Waals surface area (Å²) in [7, 11) is 0. The van der Waals surface area contributed by atoms with Crippen LogP contribution in [0.15, 0.2) is 12.2 Å². The van der Waals surface area contributed by atoms with Gasteiger partial charge >= 0.3 is 0 Å². The second kappa shape index (κ2) is 33.2. The van der Waals surface area contributed by atoms with Crippen LogP contribution in [0.5, 0.6) is 0 Å². The first-order valence-electron chi connectivity index (χ1n) is 16.7. The maximum Gasteiger partial charge on any atom is 0.236 e. The SMILES string of the molecule is CCCC/C=C\CCCCCCCCCCNCCCC[C@@H](N)C(=O)NCCCNCCCCNCCCN. The van der Waals surface area contributed by atoms with E-state index in [0.717, 1.165) is 77.9 Å². The molecule has 1 atom stereocenters. The van der Waals surface area contributed by atoms with Gasteiger partial charge in [-0.15, -0.1) is 0 Å². The van der Waals surface area contributed by atoms with Gasteiger partial charge in [-0.05, 0) is 110 Å². The number of amides is 1. The lowest BCUT2D eigenvalue weighted by atomic mass is 10.1. The van der Waals surface area contributed by atoms with Gasteiger partial charge in [0.25, 0.3) is 0 Å². The number of carbonyl (C=O) groups is 1. The van der Waals surface area contributed by atoms with Crippen molar-refractivity contribution >= 4 is 5.91 Å². The summed E-state index contributed by atoms with van der Waals surface area (Å²) < 4.78 is 0. The van der Waals surface area contributed by atoms with Crippen molar-refractivity contribution in [2.24, 2.45) is 11.5 Å². The van der Waals surface area contributed by atoms with Gasteiger partial charge in [0.2, 0.25) is 5.91 Å². The predicted octanol–water partition coefficient (Wildman–Crippen LogP) is 5.15. The Balaban J connectivity index is 3.28. The lowest BCUT2D eigenvalue weighted by molar-refractivity contribution is -0.122. The summed E-state index contributed by atoms with van der Waals surface area (Å²) >= 11 is 0. The molecule has 39 heavy (non-hydrogen) atoms. The van der Waals surface area contributed by atoms with Crippen LogP contribution in [-0.4, -0.2) is 64.3 Å². The molecule has 1 amide bonds. The molecule has 8 N–H and O–H groups in total. The molecular formula is C32H68N6O. The van der Waals surface area contributed by atoms with Crippen LogP contribution in [0, 0.1) is 0 Å². The summed E-state index contributed by atoms with van der Waals surface area (Å²) in [6, 6.07) is -0.382. The average Bonchev–Trinajstić information content (AvgIpc) is 2.94. The molecule has 0 rings (SSSR count). The largest absolute Gasteiger partial charge is 0.355 e. The fourth-order valence-corrected chi connectivity index (χ4v) is 4.53. The van der Waals surface area contributed by atoms with Crippen molar-refractivity contribution in [3.8, 4) is 0 Å². The number of nitrogens with one attached hydrogen (secondary N) is 4. The normalized spacial score (nSPS) is 12.4. The van der Waals surface area contributed by atoms with Crippen LogP contribution in [0.4, 0.5) is 0 Å². The van der Waals surface area contributed by atoms with Crippen molar-refractivity contribution < 1.29 is 4.79 Å². The highest BCUT2D eigenvalue weighted by Gasteiger charge is 2.11. The summed E-state index contributed by atoms with van der Waals surface area (Å²) in [6.07, 6.45) is 28.0. The second-order valence-corrected chi connectivity index (χ2v) is 11.1. The van der Waals surface area contributed by atoms with Gasteiger partial charge in [0.15, 0.2) is 0 Å². The third kappa shape index (κ3) is 31.4. The van der Waals surface area contributed by atoms with Crippen LogP contribution in [0.25, 0.3) is 0 Å². The highest BCUT2D eigenvalue weighted by Crippen LogP contribution is 2.10. The van der Waals surface area contributed by atoms with Crippen LogP contribution in [0.3, 0.4) is 0 Å². The lowest BCUT2D eigenvalue weighted by Crippen LogP contribution is -2.41. The lowest BCUT2D eigenvalue weighted by Gasteiger charge is -2.12. The Morgan fingerprint density at radius 1 is 0.590 bits per heavy atom. The summed E-state index contributed by atoms with van der Waals surface area (Å²) in [5, 5.41) is 13.4. The first-order valence-corrected chi connectivity index (χ1v) is 16.7. The highest BCUT2D eigenvalue weighted by molar-refractivity contribution is 5.81. The smallest absolute Gasteiger partial charge is 0.236 e. The minimum atomic E-state index is -0.382. The Morgan fingerprint density at radius 2 is 1.05 bits per heavy atom. The molecule has 0 spiro atoms. The minimum Gasteiger partial charge on any atom is -0.355 e. The molecule has 0 aliphatic carbocycles. The van der Waals surface area contributed by atoms with Crippen molar-refractivity contribution in [2.75, 3.05) is 52.4 Å². The quantitative estimate of drug-likeness (QED) is 0.0508. The Bertz CT molecular complexity index is 517. The molecule has 0 unspecified atom stereocenters. The van der Waals surface area contributed by atoms with Crippen molar-refractivity contribution in [1.29, 1.82) is 0 Å². The first kappa shape index (κ1) is 38.0. The molecule has 7 nitrogen and oxygen atoms in total. The Kier molecular flexibility index (Phi) is 32.4. The fraction of sp³-hybridized carbons (Fsp3) is 0.906. The van der Waals surface area contributed by atoms with Gasteiger partial charge in [-0.3, -0.25) is 4.79 Å². The molecule has 0 aromatic rings. The third-order valence-electron chi connectivity index (χ3n) is 7.17. The second-order valence-electron chi connectivity index (χ2n) is 11.1. The Labute approximate surface area is 242 Å². The maximum absolute atomic E-state index is 12.2. The third-order valence-corrected chi connectivity index (χ3v) is 7.17. The van der Waals surface area contributed by atoms with Gasteiger partial charge in [0.05, 0.1) is 6.04 Å². The van der Waals surface area contributed by atoms with E-state index >= 15 is 0 Å². The summed E-state index contributed by atoms with van der Waals surface area (Å²) in [5.74, 6) is -0.00856. The molecular weight excluding hydrogens is 484 g/mol. The molecule has 0 aromatic carbocycles. The van der Waals surface area contributed by atoms with Crippen LogP contribution in [0.1, 0.15) is 129 Å². The molecule has 0 saturated carbocycles. The van der Waals surface area contributed by atoms with E-state index in [9.17, 15) is 4.79 Å². The number of carbonyl (C=O) groups excluding carboxylic acids is 1. The van der Waals surface area contributed by atoms with Crippen LogP contribution >= 0.6 is 0 Å². The van der Waals surface area contributed by atoms with Gasteiger partial charge < -0.3 is 32.7 Å². The first-order chi connectivity index (χ1) is 19.2. The van der Waals surface area contributed by atoms with Crippen molar-refractivity contribution in [3.63, 3.8) is 0 Å². The van der Waals surface area contributed by atoms with E-state index in [1.54, 1.807) is 0 Å². The zero-order valence-corrected chi connectivity index (χ0v) is 25.9. The zero-order chi connectivity index (χ0) is 28.5. The van der Waals surface area contributed by atoms with Gasteiger partial charge in [-0.1, -0.05) is 76.9 Å². The molecule has 0 aliphatic rings. The average molecular weight is 553 g/mol. The van der Waals surface area contributed by atoms with E-state index in [1.807, 2.05) is 0 Å². The number of nitrogens with two attached hydrogens (primary N) is 2. The predicted molar refractivity (Wildman–Crippen MR) is 171 cm³/mol. The number of allylic oxidation sites excluding steroid dienone is 2. The molecule has 0 aliphatic heterocycles. The summed E-state index contributed by atoms with van der Waals surface area (Å²) in [4.78, 5) is 12.2. The van der Waals surface area contributed by atoms with Crippen LogP contribution in [-0.2, 0) is 4.79 Å². The van der Waals surface area contributed by atoms with Crippen molar-refractivity contribution in [3.05, 3.63) is 12.2 Å². The van der Waals surface area contributed by atoms with Gasteiger partial charge in [0.1, 0.15) is 0 Å². The summed E-state index contributed by atoms with van der Waals surface area (Å²) in [6.45, 7) is 9.86. The minimum absolute atomic E-state index is 0.00856. The molecule has 7 heteroatoms. The Hall–Kier alpha value is -0.990. The van der Waals surface area contributed by atoms with Gasteiger partial charge in [0, 0.05) is 6.54 Å². The number of hydrogen-bond acceptors (Lipinski definition) is 6. The van der Waals surface area contributed by atoms with Crippen LogP contribution in [0.2, 0.25) is 0 Å². The topological polar surface area (TPSA) is 117 Å². The highest BCUT2D eigenvalue weighted by atomic mass is 16.2. The number of rotatable bonds is 32. The number of unbranched alkanes of at least 4 members (excludes halogenated alkanes) is 12. The van der Waals surface area contributed by atoms with Crippen molar-refractivity contribution in [2.45, 2.75) is 135 Å². The summed E-state index contributed by atoms with van der Waals surface area (Å²) in [5.41, 5.74) is 11.5. The maximum atomic E-state index is 12.2. The van der Waals surface area contributed by atoms with E-state index in [1.165, 1.54) is 89.9 Å². The number of hydrogen-bond donors (Lipinski definition) is 6. The molecule has 0 radical (unpaired) electrons. The molecule has 0 heterocycles. The van der Waals surface area contributed by atoms with E-state index in [-0.39, 0.29) is 11.9 Å². The monoisotopic (exact) mass is 553 g/mol. The van der Waals surface area contributed by atoms with E-state index < -0.39 is 0 Å². The molecule has 0 fully saturated rings. The molecule has 0 saturated heterocycles. The van der Waals surface area contributed by atoms with Gasteiger partial charge in [-0.25, -0.2) is 0 Å². The zero-order valence-electron chi connectivity index (χ0n) is 25.9. The standard InChI is InChI=1S/C32H68N6O/c1-2-3-4-5-6-7-8-9-10-11-12-13-14-16-24-35-25-17-15-22-31(34)32(39)38-30-21-29-37-27-19-18-26-36-28-20-23-33/h5-6,31,35-37H,2-4,7-30,33-34H2,1H3,(H,38,39)/b6-5-/t31-/m1/s1. The molecule has 232 valence electrons. The van der Waals surface area contributed by atoms with Crippen molar-refractivity contribution in [1.82, 2.24) is 21.3 Å². The fourth-order valence-electron chi connectivity index (χ4n) is 4.53. The van der Waals surface area contributed by atoms with E-state index in [0.29, 0.717) is 6.54 Å². The molecule has 0 bridgehead atoms. The van der Waals surface area contributed by atoms with E-state index in [2.05, 4.69) is 40.3 Å². The van der Waals surface area contributed by atoms with E-state index in [4.69, 9.17) is 11.5 Å². The van der Waals surface area contributed by atoms with Gasteiger partial charge in [-0.2, -0.15) is 0 Å². The molecule has 0 aromatic heterocycles.